The summed E-state index contributed by atoms with van der Waals surface area (Å²) < 4.78 is 0. The second-order valence-corrected chi connectivity index (χ2v) is 9.38. The highest BCUT2D eigenvalue weighted by molar-refractivity contribution is 7.99. The molecule has 2 aromatic rings. The predicted molar refractivity (Wildman–Crippen MR) is 122 cm³/mol. The number of Topliss-reactive ketones (excluding diaryl/α,β-unsaturated/α-hetero) is 2. The van der Waals surface area contributed by atoms with E-state index in [1.54, 1.807) is 42.2 Å². The Morgan fingerprint density at radius 2 is 1.94 bits per heavy atom. The molecule has 0 bridgehead atoms. The number of nitrogens with zero attached hydrogens (tertiary/aromatic N) is 2. The molecule has 1 aromatic carbocycles. The van der Waals surface area contributed by atoms with Crippen molar-refractivity contribution < 1.29 is 19.2 Å². The van der Waals surface area contributed by atoms with Gasteiger partial charge >= 0.3 is 0 Å². The zero-order valence-electron chi connectivity index (χ0n) is 17.9. The number of fused-ring (bicyclic) bond motifs is 1. The quantitative estimate of drug-likeness (QED) is 0.272. The molecule has 1 saturated carbocycles. The average molecular weight is 449 g/mol. The van der Waals surface area contributed by atoms with Crippen LogP contribution in [0, 0.1) is 0 Å². The molecule has 1 aliphatic heterocycles. The first-order valence-electron chi connectivity index (χ1n) is 10.7. The van der Waals surface area contributed by atoms with Crippen LogP contribution in [-0.4, -0.2) is 45.1 Å². The van der Waals surface area contributed by atoms with E-state index in [1.165, 1.54) is 0 Å². The maximum Gasteiger partial charge on any atom is 0.262 e. The van der Waals surface area contributed by atoms with Gasteiger partial charge in [0.1, 0.15) is 5.69 Å². The molecule has 0 N–H and O–H groups in total. The van der Waals surface area contributed by atoms with Crippen molar-refractivity contribution in [2.45, 2.75) is 50.0 Å². The maximum atomic E-state index is 13.0. The molecule has 0 radical (unpaired) electrons. The molecular formula is C25H24N2O4S. The Bertz CT molecular complexity index is 1120. The molecule has 0 saturated heterocycles. The lowest BCUT2D eigenvalue weighted by molar-refractivity contribution is -0.123. The molecule has 6 nitrogen and oxygen atoms in total. The van der Waals surface area contributed by atoms with Crippen molar-refractivity contribution in [3.63, 3.8) is 0 Å². The molecule has 2 heterocycles. The number of hydrogen-bond donors (Lipinski definition) is 0. The van der Waals surface area contributed by atoms with Crippen LogP contribution in [0.3, 0.4) is 0 Å². The fourth-order valence-electron chi connectivity index (χ4n) is 4.16. The molecule has 164 valence electrons. The zero-order valence-corrected chi connectivity index (χ0v) is 18.7. The van der Waals surface area contributed by atoms with E-state index in [4.69, 9.17) is 0 Å². The smallest absolute Gasteiger partial charge is 0.262 e. The Labute approximate surface area is 191 Å². The minimum Gasteiger partial charge on any atom is -0.297 e. The van der Waals surface area contributed by atoms with E-state index in [1.807, 2.05) is 6.07 Å². The van der Waals surface area contributed by atoms with E-state index in [0.717, 1.165) is 26.7 Å². The summed E-state index contributed by atoms with van der Waals surface area (Å²) in [5.74, 6) is -0.133. The second kappa shape index (κ2) is 9.20. The Hall–Kier alpha value is -3.06. The Morgan fingerprint density at radius 3 is 2.62 bits per heavy atom. The van der Waals surface area contributed by atoms with Crippen LogP contribution in [0.5, 0.6) is 0 Å². The van der Waals surface area contributed by atoms with Gasteiger partial charge in [-0.05, 0) is 54.8 Å². The molecular weight excluding hydrogens is 424 g/mol. The first kappa shape index (κ1) is 22.1. The number of rotatable bonds is 7. The molecule has 2 amide bonds. The molecule has 32 heavy (non-hydrogen) atoms. The fraction of sp³-hybridized carbons (Fsp3) is 0.320. The summed E-state index contributed by atoms with van der Waals surface area (Å²) in [5.41, 5.74) is 2.66. The van der Waals surface area contributed by atoms with Crippen LogP contribution < -0.4 is 0 Å². The van der Waals surface area contributed by atoms with E-state index in [-0.39, 0.29) is 24.4 Å². The lowest BCUT2D eigenvalue weighted by Crippen LogP contribution is -2.46. The number of imide groups is 1. The number of ketones is 2. The second-order valence-electron chi connectivity index (χ2n) is 8.04. The van der Waals surface area contributed by atoms with Crippen LogP contribution in [0.15, 0.2) is 53.6 Å². The number of carbonyl (C=O) groups excluding carboxylic acids is 4. The minimum absolute atomic E-state index is 0.0735. The third-order valence-corrected chi connectivity index (χ3v) is 6.70. The topological polar surface area (TPSA) is 84.4 Å². The Balaban J connectivity index is 1.45. The third-order valence-electron chi connectivity index (χ3n) is 5.84. The zero-order chi connectivity index (χ0) is 22.8. The number of allylic oxidation sites excluding steroid dienone is 1. The van der Waals surface area contributed by atoms with E-state index in [9.17, 15) is 19.2 Å². The largest absolute Gasteiger partial charge is 0.297 e. The molecule has 1 fully saturated rings. The molecule has 1 aromatic heterocycles. The highest BCUT2D eigenvalue weighted by Gasteiger charge is 2.43. The van der Waals surface area contributed by atoms with Crippen LogP contribution in [-0.2, 0) is 11.2 Å². The molecule has 1 aliphatic carbocycles. The van der Waals surface area contributed by atoms with Gasteiger partial charge in [-0.1, -0.05) is 25.1 Å². The normalized spacial score (nSPS) is 18.3. The van der Waals surface area contributed by atoms with Crippen molar-refractivity contribution in [1.82, 2.24) is 9.88 Å². The first-order valence-corrected chi connectivity index (χ1v) is 11.7. The highest BCUT2D eigenvalue weighted by Crippen LogP contribution is 2.31. The van der Waals surface area contributed by atoms with Gasteiger partial charge in [-0.3, -0.25) is 29.1 Å². The van der Waals surface area contributed by atoms with Crippen LogP contribution >= 0.6 is 11.8 Å². The molecule has 4 rings (SSSR count). The number of amides is 2. The maximum absolute atomic E-state index is 13.0. The molecule has 7 heteroatoms. The summed E-state index contributed by atoms with van der Waals surface area (Å²) in [6.07, 6.45) is 3.65. The van der Waals surface area contributed by atoms with Gasteiger partial charge in [0.2, 0.25) is 0 Å². The number of carbonyl (C=O) groups is 4. The third kappa shape index (κ3) is 4.30. The number of pyridine rings is 1. The van der Waals surface area contributed by atoms with Gasteiger partial charge in [0.25, 0.3) is 11.8 Å². The van der Waals surface area contributed by atoms with Crippen LogP contribution in [0.2, 0.25) is 0 Å². The number of benzene rings is 1. The summed E-state index contributed by atoms with van der Waals surface area (Å²) in [6.45, 7) is 5.90. The van der Waals surface area contributed by atoms with Gasteiger partial charge in [0, 0.05) is 23.9 Å². The Kier molecular flexibility index (Phi) is 6.37. The summed E-state index contributed by atoms with van der Waals surface area (Å²) in [6, 6.07) is 7.96. The van der Waals surface area contributed by atoms with Crippen LogP contribution in [0.25, 0.3) is 0 Å². The molecule has 0 spiro atoms. The Morgan fingerprint density at radius 1 is 1.16 bits per heavy atom. The van der Waals surface area contributed by atoms with E-state index >= 15 is 0 Å². The van der Waals surface area contributed by atoms with Crippen molar-refractivity contribution in [2.24, 2.45) is 0 Å². The SMILES string of the molecule is C=C1CCC(N2C(=O)c3ccc(CCC(=O)c4ccc(SCC)cn4)cc3C2=O)C(=O)C1. The van der Waals surface area contributed by atoms with Crippen molar-refractivity contribution in [1.29, 1.82) is 0 Å². The standard InChI is InChI=1S/C25H24N2O4S/c1-3-32-17-7-9-20(26-14-17)22(28)11-6-16-5-8-18-19(13-16)25(31)27(24(18)30)21-10-4-15(2)12-23(21)29/h5,7-9,13-14,21H,2-4,6,10-12H2,1H3. The van der Waals surface area contributed by atoms with Crippen molar-refractivity contribution in [3.05, 3.63) is 71.1 Å². The number of aromatic nitrogens is 1. The van der Waals surface area contributed by atoms with Crippen molar-refractivity contribution >= 4 is 35.1 Å². The van der Waals surface area contributed by atoms with Gasteiger partial charge in [-0.2, -0.15) is 0 Å². The van der Waals surface area contributed by atoms with Gasteiger partial charge < -0.3 is 0 Å². The van der Waals surface area contributed by atoms with Crippen LogP contribution in [0.1, 0.15) is 69.4 Å². The lowest BCUT2D eigenvalue weighted by atomic mass is 9.89. The van der Waals surface area contributed by atoms with Gasteiger partial charge in [0.15, 0.2) is 11.6 Å². The number of hydrogen-bond acceptors (Lipinski definition) is 6. The predicted octanol–water partition coefficient (Wildman–Crippen LogP) is 4.28. The van der Waals surface area contributed by atoms with Gasteiger partial charge in [-0.15, -0.1) is 11.8 Å². The summed E-state index contributed by atoms with van der Waals surface area (Å²) in [4.78, 5) is 57.1. The summed E-state index contributed by atoms with van der Waals surface area (Å²) in [5, 5.41) is 0. The monoisotopic (exact) mass is 448 g/mol. The fourth-order valence-corrected chi connectivity index (χ4v) is 4.78. The number of thioether (sulfide) groups is 1. The minimum atomic E-state index is -0.724. The number of aryl methyl sites for hydroxylation is 1. The van der Waals surface area contributed by atoms with Crippen molar-refractivity contribution in [2.75, 3.05) is 5.75 Å². The van der Waals surface area contributed by atoms with Gasteiger partial charge in [-0.25, -0.2) is 0 Å². The summed E-state index contributed by atoms with van der Waals surface area (Å²) in [7, 11) is 0. The molecule has 1 atom stereocenters. The first-order chi connectivity index (χ1) is 15.4. The van der Waals surface area contributed by atoms with Crippen LogP contribution in [0.4, 0.5) is 0 Å². The summed E-state index contributed by atoms with van der Waals surface area (Å²) >= 11 is 1.67. The van der Waals surface area contributed by atoms with E-state index in [0.29, 0.717) is 36.1 Å². The average Bonchev–Trinajstić information content (AvgIpc) is 3.03. The van der Waals surface area contributed by atoms with Crippen molar-refractivity contribution in [3.8, 4) is 0 Å². The lowest BCUT2D eigenvalue weighted by Gasteiger charge is -2.29. The van der Waals surface area contributed by atoms with E-state index in [2.05, 4.69) is 18.5 Å². The van der Waals surface area contributed by atoms with E-state index < -0.39 is 17.9 Å². The highest BCUT2D eigenvalue weighted by atomic mass is 32.2. The van der Waals surface area contributed by atoms with Gasteiger partial charge in [0.05, 0.1) is 17.2 Å². The molecule has 2 aliphatic rings. The molecule has 1 unspecified atom stereocenters.